The molecule has 0 amide bonds. The van der Waals surface area contributed by atoms with Crippen molar-refractivity contribution in [2.24, 2.45) is 20.0 Å². The van der Waals surface area contributed by atoms with Crippen LogP contribution < -0.4 is 4.68 Å². The van der Waals surface area contributed by atoms with E-state index in [1.54, 1.807) is 0 Å². The summed E-state index contributed by atoms with van der Waals surface area (Å²) < 4.78 is 4.00. The van der Waals surface area contributed by atoms with Gasteiger partial charge < -0.3 is 0 Å². The summed E-state index contributed by atoms with van der Waals surface area (Å²) in [5.41, 5.74) is 0. The first-order valence-electron chi connectivity index (χ1n) is 5.01. The molecule has 0 aliphatic heterocycles. The Bertz CT molecular complexity index is 170. The summed E-state index contributed by atoms with van der Waals surface area (Å²) in [6.45, 7) is 10.5. The predicted molar refractivity (Wildman–Crippen MR) is 58.4 cm³/mol. The molecule has 0 atom stereocenters. The monoisotopic (exact) mass is 185 g/mol. The Kier molecular flexibility index (Phi) is 10.5. The third-order valence-electron chi connectivity index (χ3n) is 1.10. The van der Waals surface area contributed by atoms with Crippen molar-refractivity contribution < 1.29 is 4.68 Å². The molecule has 0 saturated carbocycles. The maximum absolute atomic E-state index is 2.17. The molecule has 0 aliphatic rings. The number of aromatic nitrogens is 2. The lowest BCUT2D eigenvalue weighted by Crippen LogP contribution is -2.35. The molecular formula is C11H25N2+. The highest BCUT2D eigenvalue weighted by Crippen LogP contribution is 1.81. The molecular weight excluding hydrogens is 160 g/mol. The van der Waals surface area contributed by atoms with Gasteiger partial charge in [-0.3, -0.25) is 0 Å². The molecule has 13 heavy (non-hydrogen) atoms. The zero-order valence-electron chi connectivity index (χ0n) is 10.2. The smallest absolute Gasteiger partial charge is 0.164 e. The van der Waals surface area contributed by atoms with E-state index in [1.807, 2.05) is 55.8 Å². The second kappa shape index (κ2) is 9.30. The van der Waals surface area contributed by atoms with Gasteiger partial charge in [0.2, 0.25) is 0 Å². The van der Waals surface area contributed by atoms with Crippen molar-refractivity contribution in [3.05, 3.63) is 18.5 Å². The van der Waals surface area contributed by atoms with Crippen molar-refractivity contribution >= 4 is 0 Å². The van der Waals surface area contributed by atoms with Crippen LogP contribution in [0.2, 0.25) is 0 Å². The lowest BCUT2D eigenvalue weighted by atomic mass is 10.3. The van der Waals surface area contributed by atoms with Crippen LogP contribution in [0.15, 0.2) is 18.5 Å². The standard InChI is InChI=1S/C5H9N2.C4H10.C2H6/c1-6-4-3-5-7(6)2;1-4(2)3;1-2/h3-5H,1-2H3;4H,1-3H3;1-2H3/q+1;;. The minimum absolute atomic E-state index is 0.833. The van der Waals surface area contributed by atoms with Crippen molar-refractivity contribution in [2.45, 2.75) is 34.6 Å². The van der Waals surface area contributed by atoms with Crippen LogP contribution in [0.4, 0.5) is 0 Å². The Hall–Kier alpha value is -0.790. The minimum atomic E-state index is 0.833. The topological polar surface area (TPSA) is 8.81 Å². The summed E-state index contributed by atoms with van der Waals surface area (Å²) in [5.74, 6) is 0.833. The molecule has 0 saturated heterocycles. The second-order valence-corrected chi connectivity index (χ2v) is 3.37. The molecule has 78 valence electrons. The van der Waals surface area contributed by atoms with Crippen molar-refractivity contribution in [2.75, 3.05) is 0 Å². The van der Waals surface area contributed by atoms with Gasteiger partial charge in [0.15, 0.2) is 13.2 Å². The molecule has 0 fully saturated rings. The summed E-state index contributed by atoms with van der Waals surface area (Å²) in [4.78, 5) is 0. The molecule has 0 N–H and O–H groups in total. The molecule has 1 heterocycles. The highest BCUT2D eigenvalue weighted by molar-refractivity contribution is 4.69. The van der Waals surface area contributed by atoms with Gasteiger partial charge in [-0.25, -0.2) is 0 Å². The third-order valence-corrected chi connectivity index (χ3v) is 1.10. The molecule has 0 bridgehead atoms. The molecule has 0 aromatic carbocycles. The third kappa shape index (κ3) is 11.2. The normalized spacial score (nSPS) is 8.31. The van der Waals surface area contributed by atoms with Gasteiger partial charge in [-0.15, -0.1) is 4.68 Å². The summed E-state index contributed by atoms with van der Waals surface area (Å²) in [6.07, 6.45) is 4.00. The van der Waals surface area contributed by atoms with E-state index in [1.165, 1.54) is 0 Å². The molecule has 0 aliphatic carbocycles. The first kappa shape index (κ1) is 14.7. The van der Waals surface area contributed by atoms with Crippen molar-refractivity contribution in [1.82, 2.24) is 4.68 Å². The average Bonchev–Trinajstić information content (AvgIpc) is 2.39. The first-order chi connectivity index (χ1) is 6.04. The van der Waals surface area contributed by atoms with Crippen LogP contribution in [0.5, 0.6) is 0 Å². The number of nitrogens with zero attached hydrogens (tertiary/aromatic N) is 2. The van der Waals surface area contributed by atoms with Gasteiger partial charge in [0, 0.05) is 6.07 Å². The highest BCUT2D eigenvalue weighted by atomic mass is 15.4. The Morgan fingerprint density at radius 1 is 1.15 bits per heavy atom. The van der Waals surface area contributed by atoms with E-state index in [-0.39, 0.29) is 0 Å². The fourth-order valence-corrected chi connectivity index (χ4v) is 0.498. The van der Waals surface area contributed by atoms with E-state index in [0.717, 1.165) is 5.92 Å². The molecule has 0 unspecified atom stereocenters. The molecule has 1 aromatic rings. The van der Waals surface area contributed by atoms with Crippen LogP contribution in [-0.4, -0.2) is 4.68 Å². The largest absolute Gasteiger partial charge is 0.195 e. The zero-order valence-corrected chi connectivity index (χ0v) is 10.2. The summed E-state index contributed by atoms with van der Waals surface area (Å²) in [6, 6.07) is 2.00. The van der Waals surface area contributed by atoms with Gasteiger partial charge >= 0.3 is 0 Å². The van der Waals surface area contributed by atoms with Gasteiger partial charge in [-0.1, -0.05) is 34.6 Å². The molecule has 1 rings (SSSR count). The Morgan fingerprint density at radius 2 is 1.54 bits per heavy atom. The van der Waals surface area contributed by atoms with Crippen molar-refractivity contribution in [1.29, 1.82) is 0 Å². The number of hydrogen-bond acceptors (Lipinski definition) is 0. The van der Waals surface area contributed by atoms with Crippen LogP contribution in [-0.2, 0) is 14.1 Å². The summed E-state index contributed by atoms with van der Waals surface area (Å²) >= 11 is 0. The maximum atomic E-state index is 2.17. The number of hydrogen-bond donors (Lipinski definition) is 0. The predicted octanol–water partition coefficient (Wildman–Crippen LogP) is 2.54. The number of rotatable bonds is 0. The van der Waals surface area contributed by atoms with E-state index >= 15 is 0 Å². The maximum Gasteiger partial charge on any atom is 0.195 e. The van der Waals surface area contributed by atoms with Crippen molar-refractivity contribution in [3.8, 4) is 0 Å². The lowest BCUT2D eigenvalue weighted by Gasteiger charge is -1.82. The second-order valence-electron chi connectivity index (χ2n) is 3.37. The average molecular weight is 185 g/mol. The summed E-state index contributed by atoms with van der Waals surface area (Å²) in [5, 5.41) is 0. The van der Waals surface area contributed by atoms with Gasteiger partial charge in [-0.2, -0.15) is 4.68 Å². The number of aryl methyl sites for hydroxylation is 2. The van der Waals surface area contributed by atoms with E-state index in [4.69, 9.17) is 0 Å². The molecule has 0 radical (unpaired) electrons. The van der Waals surface area contributed by atoms with Gasteiger partial charge in [0.25, 0.3) is 0 Å². The van der Waals surface area contributed by atoms with E-state index in [0.29, 0.717) is 0 Å². The van der Waals surface area contributed by atoms with Crippen LogP contribution >= 0.6 is 0 Å². The summed E-state index contributed by atoms with van der Waals surface area (Å²) in [7, 11) is 4.00. The molecule has 2 nitrogen and oxygen atoms in total. The minimum Gasteiger partial charge on any atom is -0.164 e. The van der Waals surface area contributed by atoms with Crippen LogP contribution in [0, 0.1) is 5.92 Å². The Morgan fingerprint density at radius 3 is 1.62 bits per heavy atom. The molecule has 1 aromatic heterocycles. The van der Waals surface area contributed by atoms with Gasteiger partial charge in [0.1, 0.15) is 0 Å². The van der Waals surface area contributed by atoms with Crippen molar-refractivity contribution in [3.63, 3.8) is 0 Å². The molecule has 0 spiro atoms. The Balaban J connectivity index is 0. The highest BCUT2D eigenvalue weighted by Gasteiger charge is 1.89. The molecule has 2 heteroatoms. The lowest BCUT2D eigenvalue weighted by molar-refractivity contribution is -0.751. The van der Waals surface area contributed by atoms with E-state index in [9.17, 15) is 0 Å². The van der Waals surface area contributed by atoms with Crippen LogP contribution in [0.1, 0.15) is 34.6 Å². The zero-order chi connectivity index (χ0) is 10.9. The van der Waals surface area contributed by atoms with Crippen LogP contribution in [0.3, 0.4) is 0 Å². The van der Waals surface area contributed by atoms with Crippen LogP contribution in [0.25, 0.3) is 0 Å². The quantitative estimate of drug-likeness (QED) is 0.549. The van der Waals surface area contributed by atoms with E-state index in [2.05, 4.69) is 20.8 Å². The fourth-order valence-electron chi connectivity index (χ4n) is 0.498. The SMILES string of the molecule is CC.CC(C)C.Cn1ccc[n+]1C. The van der Waals surface area contributed by atoms with E-state index < -0.39 is 0 Å². The van der Waals surface area contributed by atoms with Gasteiger partial charge in [-0.05, 0) is 5.92 Å². The Labute approximate surface area is 83.2 Å². The first-order valence-corrected chi connectivity index (χ1v) is 5.01. The fraction of sp³-hybridized carbons (Fsp3) is 0.727. The van der Waals surface area contributed by atoms with Gasteiger partial charge in [0.05, 0.1) is 13.2 Å².